The number of unbranched alkanes of at least 4 members (excludes halogenated alkanes) is 45. The average molecular weight is 991 g/mol. The molecule has 70 heavy (non-hydrogen) atoms. The molecule has 3 atom stereocenters. The lowest BCUT2D eigenvalue weighted by Gasteiger charge is -2.26. The third-order valence-corrected chi connectivity index (χ3v) is 14.9. The van der Waals surface area contributed by atoms with E-state index in [9.17, 15) is 24.9 Å². The second-order valence-corrected chi connectivity index (χ2v) is 21.9. The number of aliphatic hydroxyl groups excluding tert-OH is 3. The van der Waals surface area contributed by atoms with E-state index in [4.69, 9.17) is 4.74 Å². The minimum atomic E-state index is -1.14. The van der Waals surface area contributed by atoms with Crippen molar-refractivity contribution in [2.75, 3.05) is 13.2 Å². The number of amides is 1. The van der Waals surface area contributed by atoms with Gasteiger partial charge in [-0.1, -0.05) is 296 Å². The first-order chi connectivity index (χ1) is 34.5. The van der Waals surface area contributed by atoms with E-state index in [-0.39, 0.29) is 18.5 Å². The van der Waals surface area contributed by atoms with Crippen LogP contribution in [0.3, 0.4) is 0 Å². The highest BCUT2D eigenvalue weighted by molar-refractivity contribution is 5.76. The van der Waals surface area contributed by atoms with Gasteiger partial charge in [0.15, 0.2) is 0 Å². The Balaban J connectivity index is 3.40. The number of nitrogens with one attached hydrogen (secondary N) is 1. The van der Waals surface area contributed by atoms with Crippen molar-refractivity contribution in [3.8, 4) is 0 Å². The number of aliphatic hydroxyl groups is 3. The van der Waals surface area contributed by atoms with Crippen LogP contribution in [0, 0.1) is 0 Å². The molecule has 0 spiro atoms. The van der Waals surface area contributed by atoms with E-state index in [1.807, 2.05) is 0 Å². The monoisotopic (exact) mass is 990 g/mol. The summed E-state index contributed by atoms with van der Waals surface area (Å²) in [6.45, 7) is 4.77. The molecule has 0 aliphatic heterocycles. The van der Waals surface area contributed by atoms with Crippen LogP contribution in [0.4, 0.5) is 0 Å². The molecule has 0 aromatic rings. The van der Waals surface area contributed by atoms with Gasteiger partial charge in [0.25, 0.3) is 0 Å². The summed E-state index contributed by atoms with van der Waals surface area (Å²) < 4.78 is 5.48. The summed E-state index contributed by atoms with van der Waals surface area (Å²) in [5.41, 5.74) is 0. The number of hydrogen-bond donors (Lipinski definition) is 4. The molecule has 0 bridgehead atoms. The van der Waals surface area contributed by atoms with Gasteiger partial charge in [0.1, 0.15) is 6.10 Å². The highest BCUT2D eigenvalue weighted by Crippen LogP contribution is 2.18. The van der Waals surface area contributed by atoms with Crippen LogP contribution in [-0.4, -0.2) is 58.7 Å². The maximum Gasteiger partial charge on any atom is 0.305 e. The second-order valence-electron chi connectivity index (χ2n) is 21.9. The summed E-state index contributed by atoms with van der Waals surface area (Å²) in [6.07, 6.45) is 66.8. The Labute approximate surface area is 436 Å². The molecule has 0 aromatic carbocycles. The van der Waals surface area contributed by atoms with Gasteiger partial charge in [-0.15, -0.1) is 0 Å². The smallest absolute Gasteiger partial charge is 0.305 e. The second kappa shape index (κ2) is 58.4. The molecule has 7 nitrogen and oxygen atoms in total. The Morgan fingerprint density at radius 3 is 1.06 bits per heavy atom. The Morgan fingerprint density at radius 2 is 0.700 bits per heavy atom. The van der Waals surface area contributed by atoms with Crippen molar-refractivity contribution in [3.05, 3.63) is 12.2 Å². The third-order valence-electron chi connectivity index (χ3n) is 14.9. The molecular formula is C63H123NO6. The van der Waals surface area contributed by atoms with Crippen LogP contribution in [0.25, 0.3) is 0 Å². The van der Waals surface area contributed by atoms with Crippen LogP contribution >= 0.6 is 0 Å². The van der Waals surface area contributed by atoms with E-state index in [0.717, 1.165) is 57.8 Å². The van der Waals surface area contributed by atoms with E-state index in [1.165, 1.54) is 257 Å². The largest absolute Gasteiger partial charge is 0.466 e. The molecule has 0 saturated heterocycles. The zero-order valence-corrected chi connectivity index (χ0v) is 47.1. The maximum absolute atomic E-state index is 12.5. The minimum Gasteiger partial charge on any atom is -0.466 e. The van der Waals surface area contributed by atoms with Gasteiger partial charge in [-0.25, -0.2) is 0 Å². The summed E-state index contributed by atoms with van der Waals surface area (Å²) in [5, 5.41) is 33.7. The topological polar surface area (TPSA) is 116 Å². The molecular weight excluding hydrogens is 867 g/mol. The van der Waals surface area contributed by atoms with Crippen molar-refractivity contribution in [1.82, 2.24) is 5.32 Å². The van der Waals surface area contributed by atoms with Crippen LogP contribution in [-0.2, 0) is 14.3 Å². The lowest BCUT2D eigenvalue weighted by Crippen LogP contribution is -2.50. The van der Waals surface area contributed by atoms with Gasteiger partial charge < -0.3 is 25.4 Å². The van der Waals surface area contributed by atoms with E-state index < -0.39 is 18.2 Å². The van der Waals surface area contributed by atoms with Crippen LogP contribution < -0.4 is 5.32 Å². The van der Waals surface area contributed by atoms with Crippen LogP contribution in [0.15, 0.2) is 12.2 Å². The van der Waals surface area contributed by atoms with Crippen LogP contribution in [0.2, 0.25) is 0 Å². The molecule has 0 rings (SSSR count). The Morgan fingerprint density at radius 1 is 0.400 bits per heavy atom. The lowest BCUT2D eigenvalue weighted by molar-refractivity contribution is -0.143. The number of esters is 1. The van der Waals surface area contributed by atoms with Crippen molar-refractivity contribution in [1.29, 1.82) is 0 Å². The summed E-state index contributed by atoms with van der Waals surface area (Å²) >= 11 is 0. The fourth-order valence-electron chi connectivity index (χ4n) is 10.0. The van der Waals surface area contributed by atoms with Crippen molar-refractivity contribution >= 4 is 11.9 Å². The van der Waals surface area contributed by atoms with Gasteiger partial charge in [0.2, 0.25) is 5.91 Å². The average Bonchev–Trinajstić information content (AvgIpc) is 3.36. The number of carbonyl (C=O) groups is 2. The van der Waals surface area contributed by atoms with Crippen LogP contribution in [0.1, 0.15) is 348 Å². The molecule has 0 radical (unpaired) electrons. The summed E-state index contributed by atoms with van der Waals surface area (Å²) in [4.78, 5) is 24.6. The molecule has 0 aromatic heterocycles. The molecule has 0 aliphatic rings. The first kappa shape index (κ1) is 68.6. The van der Waals surface area contributed by atoms with Gasteiger partial charge in [0.05, 0.1) is 25.4 Å². The standard InChI is InChI=1S/C63H123NO6/c1-3-5-7-9-11-13-15-17-28-32-36-40-44-48-52-56-62(68)70-57-53-49-45-41-37-33-30-27-25-23-21-19-18-20-22-24-26-29-31-35-39-43-47-51-55-61(67)64-59(58-65)63(69)60(66)54-50-46-42-38-34-16-14-12-10-8-6-4-2/h17,28,59-60,63,65-66,69H,3-16,18-27,29-58H2,1-2H3,(H,64,67). The summed E-state index contributed by atoms with van der Waals surface area (Å²) in [7, 11) is 0. The molecule has 0 heterocycles. The molecule has 1 amide bonds. The quantitative estimate of drug-likeness (QED) is 0.0274. The predicted octanol–water partition coefficient (Wildman–Crippen LogP) is 18.6. The zero-order chi connectivity index (χ0) is 50.9. The Hall–Kier alpha value is -1.44. The van der Waals surface area contributed by atoms with Gasteiger partial charge >= 0.3 is 5.97 Å². The SMILES string of the molecule is CCCCCCCCC=CCCCCCCCC(=O)OCCCCCCCCCCCCCCCCCCCCCCCCCCC(=O)NC(CO)C(O)C(O)CCCCCCCCCCCCCC. The normalized spacial score (nSPS) is 13.0. The summed E-state index contributed by atoms with van der Waals surface area (Å²) in [5.74, 6) is -0.141. The predicted molar refractivity (Wildman–Crippen MR) is 303 cm³/mol. The highest BCUT2D eigenvalue weighted by atomic mass is 16.5. The van der Waals surface area contributed by atoms with Gasteiger partial charge in [0, 0.05) is 12.8 Å². The van der Waals surface area contributed by atoms with Crippen molar-refractivity contribution < 1.29 is 29.6 Å². The number of carbonyl (C=O) groups excluding carboxylic acids is 2. The molecule has 0 aliphatic carbocycles. The van der Waals surface area contributed by atoms with E-state index in [1.54, 1.807) is 0 Å². The van der Waals surface area contributed by atoms with Crippen molar-refractivity contribution in [2.24, 2.45) is 0 Å². The molecule has 3 unspecified atom stereocenters. The van der Waals surface area contributed by atoms with Gasteiger partial charge in [-0.3, -0.25) is 9.59 Å². The lowest BCUT2D eigenvalue weighted by atomic mass is 9.99. The first-order valence-electron chi connectivity index (χ1n) is 31.5. The fourth-order valence-corrected chi connectivity index (χ4v) is 10.0. The van der Waals surface area contributed by atoms with Gasteiger partial charge in [-0.2, -0.15) is 0 Å². The Kier molecular flexibility index (Phi) is 57.2. The van der Waals surface area contributed by atoms with Crippen LogP contribution in [0.5, 0.6) is 0 Å². The Bertz CT molecular complexity index is 1070. The number of allylic oxidation sites excluding steroid dienone is 2. The third kappa shape index (κ3) is 52.9. The molecule has 0 saturated carbocycles. The van der Waals surface area contributed by atoms with E-state index >= 15 is 0 Å². The van der Waals surface area contributed by atoms with Gasteiger partial charge in [-0.05, 0) is 51.4 Å². The molecule has 4 N–H and O–H groups in total. The molecule has 7 heteroatoms. The fraction of sp³-hybridized carbons (Fsp3) is 0.937. The summed E-state index contributed by atoms with van der Waals surface area (Å²) in [6, 6.07) is -0.812. The van der Waals surface area contributed by atoms with E-state index in [2.05, 4.69) is 31.3 Å². The highest BCUT2D eigenvalue weighted by Gasteiger charge is 2.26. The molecule has 0 fully saturated rings. The molecule has 416 valence electrons. The maximum atomic E-state index is 12.5. The number of hydrogen-bond acceptors (Lipinski definition) is 6. The van der Waals surface area contributed by atoms with Crippen molar-refractivity contribution in [3.63, 3.8) is 0 Å². The van der Waals surface area contributed by atoms with E-state index in [0.29, 0.717) is 25.9 Å². The zero-order valence-electron chi connectivity index (χ0n) is 47.1. The van der Waals surface area contributed by atoms with Crippen molar-refractivity contribution in [2.45, 2.75) is 366 Å². The number of rotatable bonds is 59. The first-order valence-corrected chi connectivity index (χ1v) is 31.5. The number of ether oxygens (including phenoxy) is 1. The minimum absolute atomic E-state index is 0.00456.